The minimum Gasteiger partial charge on any atom is -0.497 e. The summed E-state index contributed by atoms with van der Waals surface area (Å²) < 4.78 is 10.5. The first-order valence-corrected chi connectivity index (χ1v) is 13.3. The van der Waals surface area contributed by atoms with E-state index in [0.29, 0.717) is 28.0 Å². The molecule has 1 aliphatic carbocycles. The molecule has 190 valence electrons. The van der Waals surface area contributed by atoms with E-state index >= 15 is 0 Å². The van der Waals surface area contributed by atoms with Gasteiger partial charge >= 0.3 is 0 Å². The number of carbonyl (C=O) groups is 2. The highest BCUT2D eigenvalue weighted by Crippen LogP contribution is 2.36. The second-order valence-corrected chi connectivity index (χ2v) is 10.2. The van der Waals surface area contributed by atoms with Gasteiger partial charge < -0.3 is 14.8 Å². The first-order valence-electron chi connectivity index (χ1n) is 12.0. The highest BCUT2D eigenvalue weighted by Gasteiger charge is 2.35. The molecule has 9 heteroatoms. The molecule has 36 heavy (non-hydrogen) atoms. The van der Waals surface area contributed by atoms with Gasteiger partial charge in [0.25, 0.3) is 5.91 Å². The van der Waals surface area contributed by atoms with E-state index in [4.69, 9.17) is 21.1 Å². The third-order valence-electron chi connectivity index (χ3n) is 6.25. The van der Waals surface area contributed by atoms with Crippen molar-refractivity contribution in [1.29, 1.82) is 0 Å². The Balaban J connectivity index is 1.65. The molecule has 1 unspecified atom stereocenters. The maximum Gasteiger partial charge on any atom is 0.283 e. The van der Waals surface area contributed by atoms with Crippen molar-refractivity contribution in [3.8, 4) is 11.5 Å². The maximum absolute atomic E-state index is 13.6. The fraction of sp³-hybridized carbons (Fsp3) is 0.370. The lowest BCUT2D eigenvalue weighted by atomic mass is 10.2. The van der Waals surface area contributed by atoms with Crippen LogP contribution in [0.25, 0.3) is 6.08 Å². The molecule has 1 aliphatic heterocycles. The fourth-order valence-corrected chi connectivity index (χ4v) is 5.56. The number of thioether (sulfide) groups is 1. The normalized spacial score (nSPS) is 17.9. The van der Waals surface area contributed by atoms with Crippen LogP contribution < -0.4 is 19.7 Å². The molecule has 4 rings (SSSR count). The van der Waals surface area contributed by atoms with Crippen LogP contribution in [-0.2, 0) is 9.59 Å². The SMILES string of the molecule is CCC(SC1=NC(=Cc2ccc(OC)cc2)C(=O)N1c1ccc(OC)c(Cl)c1)C(=O)NC1CCCC1. The van der Waals surface area contributed by atoms with Crippen molar-refractivity contribution in [3.63, 3.8) is 0 Å². The number of aliphatic imine (C=N–C) groups is 1. The Hall–Kier alpha value is -2.97. The molecule has 2 aromatic carbocycles. The number of amides is 2. The molecule has 7 nitrogen and oxygen atoms in total. The monoisotopic (exact) mass is 527 g/mol. The van der Waals surface area contributed by atoms with Crippen LogP contribution in [0.3, 0.4) is 0 Å². The van der Waals surface area contributed by atoms with Crippen LogP contribution in [0, 0.1) is 0 Å². The average Bonchev–Trinajstić information content (AvgIpc) is 3.50. The standard InChI is InChI=1S/C27H30ClN3O4S/c1-4-24(25(32)29-18-7-5-6-8-18)36-27-30-22(15-17-9-12-20(34-2)13-10-17)26(33)31(27)19-11-14-23(35-3)21(28)16-19/h9-16,18,24H,4-8H2,1-3H3,(H,29,32). The van der Waals surface area contributed by atoms with Gasteiger partial charge in [0.2, 0.25) is 5.91 Å². The van der Waals surface area contributed by atoms with Crippen molar-refractivity contribution in [2.75, 3.05) is 19.1 Å². The molecule has 1 fully saturated rings. The summed E-state index contributed by atoms with van der Waals surface area (Å²) in [6.07, 6.45) is 6.64. The second-order valence-electron chi connectivity index (χ2n) is 8.66. The number of hydrogen-bond donors (Lipinski definition) is 1. The molecule has 2 aromatic rings. The molecule has 1 heterocycles. The van der Waals surface area contributed by atoms with E-state index in [9.17, 15) is 9.59 Å². The number of ether oxygens (including phenoxy) is 2. The van der Waals surface area contributed by atoms with E-state index in [0.717, 1.165) is 37.0 Å². The highest BCUT2D eigenvalue weighted by molar-refractivity contribution is 8.15. The number of anilines is 1. The summed E-state index contributed by atoms with van der Waals surface area (Å²) in [5.41, 5.74) is 1.65. The van der Waals surface area contributed by atoms with E-state index in [1.807, 2.05) is 31.2 Å². The molecule has 2 aliphatic rings. The summed E-state index contributed by atoms with van der Waals surface area (Å²) in [5, 5.41) is 3.61. The van der Waals surface area contributed by atoms with E-state index < -0.39 is 0 Å². The van der Waals surface area contributed by atoms with Crippen molar-refractivity contribution in [3.05, 3.63) is 58.7 Å². The molecule has 2 amide bonds. The Kier molecular flexibility index (Phi) is 8.59. The Bertz CT molecular complexity index is 1180. The first kappa shape index (κ1) is 26.1. The Morgan fingerprint density at radius 1 is 1.19 bits per heavy atom. The summed E-state index contributed by atoms with van der Waals surface area (Å²) in [6.45, 7) is 1.96. The lowest BCUT2D eigenvalue weighted by molar-refractivity contribution is -0.121. The quantitative estimate of drug-likeness (QED) is 0.447. The van der Waals surface area contributed by atoms with E-state index in [-0.39, 0.29) is 28.8 Å². The van der Waals surface area contributed by atoms with Crippen LogP contribution >= 0.6 is 23.4 Å². The molecule has 0 aromatic heterocycles. The number of nitrogens with zero attached hydrogens (tertiary/aromatic N) is 2. The topological polar surface area (TPSA) is 80.2 Å². The zero-order valence-corrected chi connectivity index (χ0v) is 22.2. The van der Waals surface area contributed by atoms with Gasteiger partial charge in [0, 0.05) is 6.04 Å². The van der Waals surface area contributed by atoms with E-state index in [1.54, 1.807) is 31.4 Å². The van der Waals surface area contributed by atoms with Crippen molar-refractivity contribution < 1.29 is 19.1 Å². The van der Waals surface area contributed by atoms with Gasteiger partial charge in [-0.25, -0.2) is 4.99 Å². The van der Waals surface area contributed by atoms with Gasteiger partial charge in [-0.15, -0.1) is 0 Å². The number of carbonyl (C=O) groups excluding carboxylic acids is 2. The molecule has 1 saturated carbocycles. The van der Waals surface area contributed by atoms with Crippen LogP contribution in [0.1, 0.15) is 44.6 Å². The number of benzene rings is 2. The van der Waals surface area contributed by atoms with Crippen LogP contribution in [0.5, 0.6) is 11.5 Å². The summed E-state index contributed by atoms with van der Waals surface area (Å²) >= 11 is 7.67. The molecule has 0 spiro atoms. The lowest BCUT2D eigenvalue weighted by Gasteiger charge is -2.22. The predicted molar refractivity (Wildman–Crippen MR) is 146 cm³/mol. The van der Waals surface area contributed by atoms with Gasteiger partial charge in [-0.3, -0.25) is 14.5 Å². The van der Waals surface area contributed by atoms with Gasteiger partial charge in [-0.1, -0.05) is 55.3 Å². The number of nitrogens with one attached hydrogen (secondary N) is 1. The summed E-state index contributed by atoms with van der Waals surface area (Å²) in [4.78, 5) is 32.8. The molecule has 0 radical (unpaired) electrons. The Labute approximate surface area is 220 Å². The van der Waals surface area contributed by atoms with Crippen molar-refractivity contribution in [2.24, 2.45) is 4.99 Å². The predicted octanol–water partition coefficient (Wildman–Crippen LogP) is 5.67. The molecule has 0 bridgehead atoms. The van der Waals surface area contributed by atoms with Gasteiger partial charge in [0.15, 0.2) is 5.17 Å². The average molecular weight is 528 g/mol. The summed E-state index contributed by atoms with van der Waals surface area (Å²) in [5.74, 6) is 0.920. The minimum atomic E-state index is -0.381. The van der Waals surface area contributed by atoms with Gasteiger partial charge in [-0.05, 0) is 61.2 Å². The zero-order valence-electron chi connectivity index (χ0n) is 20.6. The van der Waals surface area contributed by atoms with Gasteiger partial charge in [-0.2, -0.15) is 0 Å². The fourth-order valence-electron chi connectivity index (χ4n) is 4.27. The molecule has 0 saturated heterocycles. The smallest absolute Gasteiger partial charge is 0.283 e. The number of halogens is 1. The van der Waals surface area contributed by atoms with Crippen LogP contribution in [0.15, 0.2) is 53.2 Å². The number of methoxy groups -OCH3 is 2. The number of rotatable bonds is 8. The third-order valence-corrected chi connectivity index (χ3v) is 7.87. The van der Waals surface area contributed by atoms with E-state index in [1.165, 1.54) is 23.8 Å². The first-order chi connectivity index (χ1) is 17.4. The largest absolute Gasteiger partial charge is 0.497 e. The van der Waals surface area contributed by atoms with Crippen LogP contribution in [0.4, 0.5) is 5.69 Å². The lowest BCUT2D eigenvalue weighted by Crippen LogP contribution is -2.40. The number of amidine groups is 1. The van der Waals surface area contributed by atoms with Crippen molar-refractivity contribution in [2.45, 2.75) is 50.3 Å². The van der Waals surface area contributed by atoms with Crippen LogP contribution in [0.2, 0.25) is 5.02 Å². The van der Waals surface area contributed by atoms with Gasteiger partial charge in [0.05, 0.1) is 30.2 Å². The van der Waals surface area contributed by atoms with Crippen LogP contribution in [-0.4, -0.2) is 42.5 Å². The van der Waals surface area contributed by atoms with Crippen molar-refractivity contribution in [1.82, 2.24) is 5.32 Å². The highest BCUT2D eigenvalue weighted by atomic mass is 35.5. The van der Waals surface area contributed by atoms with Crippen molar-refractivity contribution >= 4 is 52.1 Å². The molecule has 1 N–H and O–H groups in total. The Morgan fingerprint density at radius 2 is 1.92 bits per heavy atom. The molecule has 1 atom stereocenters. The summed E-state index contributed by atoms with van der Waals surface area (Å²) in [7, 11) is 3.14. The summed E-state index contributed by atoms with van der Waals surface area (Å²) in [6, 6.07) is 12.7. The molecular weight excluding hydrogens is 498 g/mol. The second kappa shape index (κ2) is 11.8. The molecular formula is C27H30ClN3O4S. The zero-order chi connectivity index (χ0) is 25.7. The van der Waals surface area contributed by atoms with E-state index in [2.05, 4.69) is 10.3 Å². The van der Waals surface area contributed by atoms with Gasteiger partial charge in [0.1, 0.15) is 17.2 Å². The third kappa shape index (κ3) is 5.87. The maximum atomic E-state index is 13.6. The Morgan fingerprint density at radius 3 is 2.53 bits per heavy atom. The minimum absolute atomic E-state index is 0.0233. The number of hydrogen-bond acceptors (Lipinski definition) is 6.